The highest BCUT2D eigenvalue weighted by molar-refractivity contribution is 5.89. The van der Waals surface area contributed by atoms with Crippen molar-refractivity contribution < 1.29 is 14.7 Å². The molecular weight excluding hydrogens is 236 g/mol. The molecule has 2 amide bonds. The third kappa shape index (κ3) is 4.86. The number of carbonyl (C=O) groups excluding carboxylic acids is 1. The zero-order valence-corrected chi connectivity index (χ0v) is 10.4. The highest BCUT2D eigenvalue weighted by Gasteiger charge is 2.19. The Bertz CT molecular complexity index is 389. The highest BCUT2D eigenvalue weighted by atomic mass is 16.4. The second kappa shape index (κ2) is 6.63. The predicted molar refractivity (Wildman–Crippen MR) is 66.2 cm³/mol. The first-order valence-corrected chi connectivity index (χ1v) is 5.75. The van der Waals surface area contributed by atoms with E-state index in [9.17, 15) is 9.59 Å². The summed E-state index contributed by atoms with van der Waals surface area (Å²) in [5.74, 6) is -1.20. The second-order valence-corrected chi connectivity index (χ2v) is 4.49. The highest BCUT2D eigenvalue weighted by Crippen LogP contribution is 2.11. The summed E-state index contributed by atoms with van der Waals surface area (Å²) in [6.45, 7) is 4.00. The Kier molecular flexibility index (Phi) is 5.16. The first-order chi connectivity index (χ1) is 8.49. The van der Waals surface area contributed by atoms with Gasteiger partial charge in [-0.05, 0) is 12.3 Å². The molecule has 4 N–H and O–H groups in total. The summed E-state index contributed by atoms with van der Waals surface area (Å²) in [6, 6.07) is -0.439. The minimum atomic E-state index is -0.896. The molecular formula is C11H18N4O3. The number of carboxylic acid groups (broad SMARTS) is 1. The molecule has 7 nitrogen and oxygen atoms in total. The van der Waals surface area contributed by atoms with Crippen molar-refractivity contribution in [2.75, 3.05) is 11.9 Å². The fourth-order valence-corrected chi connectivity index (χ4v) is 1.55. The number of hydrogen-bond acceptors (Lipinski definition) is 3. The molecule has 0 fully saturated rings. The van der Waals surface area contributed by atoms with Gasteiger partial charge in [-0.25, -0.2) is 4.79 Å². The number of urea groups is 1. The lowest BCUT2D eigenvalue weighted by atomic mass is 9.97. The van der Waals surface area contributed by atoms with Crippen LogP contribution in [0.5, 0.6) is 0 Å². The van der Waals surface area contributed by atoms with E-state index in [1.54, 1.807) is 0 Å². The summed E-state index contributed by atoms with van der Waals surface area (Å²) < 4.78 is 0. The number of aliphatic carboxylic acids is 1. The maximum Gasteiger partial charge on any atom is 0.319 e. The zero-order valence-electron chi connectivity index (χ0n) is 10.4. The van der Waals surface area contributed by atoms with Crippen LogP contribution < -0.4 is 10.6 Å². The number of aromatic nitrogens is 2. The monoisotopic (exact) mass is 254 g/mol. The normalized spacial score (nSPS) is 12.2. The van der Waals surface area contributed by atoms with Crippen LogP contribution >= 0.6 is 0 Å². The average Bonchev–Trinajstić information content (AvgIpc) is 2.76. The van der Waals surface area contributed by atoms with Gasteiger partial charge in [0.15, 0.2) is 0 Å². The van der Waals surface area contributed by atoms with Crippen LogP contribution in [0.25, 0.3) is 0 Å². The maximum absolute atomic E-state index is 11.5. The number of amides is 2. The summed E-state index contributed by atoms with van der Waals surface area (Å²) in [4.78, 5) is 22.4. The van der Waals surface area contributed by atoms with Gasteiger partial charge in [-0.15, -0.1) is 0 Å². The van der Waals surface area contributed by atoms with Gasteiger partial charge in [0, 0.05) is 12.7 Å². The first-order valence-electron chi connectivity index (χ1n) is 5.75. The van der Waals surface area contributed by atoms with Crippen molar-refractivity contribution in [2.24, 2.45) is 11.8 Å². The smallest absolute Gasteiger partial charge is 0.319 e. The summed E-state index contributed by atoms with van der Waals surface area (Å²) in [6.07, 6.45) is 3.52. The Hall–Kier alpha value is -2.05. The number of nitrogens with zero attached hydrogens (tertiary/aromatic N) is 1. The first kappa shape index (κ1) is 14.0. The minimum absolute atomic E-state index is 0.108. The van der Waals surface area contributed by atoms with Gasteiger partial charge in [-0.3, -0.25) is 9.89 Å². The third-order valence-electron chi connectivity index (χ3n) is 2.37. The van der Waals surface area contributed by atoms with E-state index in [0.717, 1.165) is 0 Å². The predicted octanol–water partition coefficient (Wildman–Crippen LogP) is 1.28. The molecule has 0 bridgehead atoms. The minimum Gasteiger partial charge on any atom is -0.481 e. The van der Waals surface area contributed by atoms with E-state index in [1.165, 1.54) is 12.4 Å². The van der Waals surface area contributed by atoms with Crippen LogP contribution in [0.2, 0.25) is 0 Å². The van der Waals surface area contributed by atoms with Crippen LogP contribution in [-0.2, 0) is 4.79 Å². The molecule has 0 aliphatic heterocycles. The van der Waals surface area contributed by atoms with E-state index in [0.29, 0.717) is 12.1 Å². The van der Waals surface area contributed by atoms with Crippen LogP contribution in [0.3, 0.4) is 0 Å². The van der Waals surface area contributed by atoms with Crippen LogP contribution in [0.15, 0.2) is 12.4 Å². The number of rotatable bonds is 6. The fourth-order valence-electron chi connectivity index (χ4n) is 1.55. The number of H-pyrrole nitrogens is 1. The van der Waals surface area contributed by atoms with Crippen molar-refractivity contribution in [3.63, 3.8) is 0 Å². The van der Waals surface area contributed by atoms with Crippen molar-refractivity contribution in [2.45, 2.75) is 20.3 Å². The van der Waals surface area contributed by atoms with Gasteiger partial charge in [0.2, 0.25) is 0 Å². The van der Waals surface area contributed by atoms with E-state index in [1.807, 2.05) is 13.8 Å². The van der Waals surface area contributed by atoms with Gasteiger partial charge in [-0.1, -0.05) is 13.8 Å². The van der Waals surface area contributed by atoms with E-state index < -0.39 is 17.9 Å². The Morgan fingerprint density at radius 2 is 2.22 bits per heavy atom. The summed E-state index contributed by atoms with van der Waals surface area (Å²) >= 11 is 0. The molecule has 1 aromatic rings. The van der Waals surface area contributed by atoms with E-state index >= 15 is 0 Å². The zero-order chi connectivity index (χ0) is 13.5. The largest absolute Gasteiger partial charge is 0.481 e. The molecule has 0 saturated carbocycles. The van der Waals surface area contributed by atoms with E-state index in [-0.39, 0.29) is 12.5 Å². The lowest BCUT2D eigenvalue weighted by molar-refractivity contribution is -0.142. The number of carboxylic acids is 1. The van der Waals surface area contributed by atoms with Crippen LogP contribution in [-0.4, -0.2) is 33.8 Å². The summed E-state index contributed by atoms with van der Waals surface area (Å²) in [5.41, 5.74) is 0.531. The van der Waals surface area contributed by atoms with Crippen LogP contribution in [0, 0.1) is 11.8 Å². The van der Waals surface area contributed by atoms with Crippen LogP contribution in [0.4, 0.5) is 10.5 Å². The molecule has 18 heavy (non-hydrogen) atoms. The summed E-state index contributed by atoms with van der Waals surface area (Å²) in [7, 11) is 0. The molecule has 0 radical (unpaired) electrons. The topological polar surface area (TPSA) is 107 Å². The van der Waals surface area contributed by atoms with E-state index in [2.05, 4.69) is 20.8 Å². The van der Waals surface area contributed by atoms with E-state index in [4.69, 9.17) is 5.11 Å². The molecule has 0 spiro atoms. The number of aromatic amines is 1. The molecule has 1 unspecified atom stereocenters. The lowest BCUT2D eigenvalue weighted by Crippen LogP contribution is -2.36. The molecule has 0 saturated heterocycles. The van der Waals surface area contributed by atoms with Gasteiger partial charge in [-0.2, -0.15) is 5.10 Å². The SMILES string of the molecule is CC(C)CC(CNC(=O)Nc1cn[nH]c1)C(=O)O. The Morgan fingerprint density at radius 3 is 2.72 bits per heavy atom. The number of hydrogen-bond donors (Lipinski definition) is 4. The van der Waals surface area contributed by atoms with Gasteiger partial charge in [0.25, 0.3) is 0 Å². The molecule has 7 heteroatoms. The molecule has 1 rings (SSSR count). The van der Waals surface area contributed by atoms with Gasteiger partial charge < -0.3 is 15.7 Å². The molecule has 1 aromatic heterocycles. The molecule has 0 aliphatic carbocycles. The van der Waals surface area contributed by atoms with Crippen molar-refractivity contribution in [1.82, 2.24) is 15.5 Å². The molecule has 1 atom stereocenters. The Balaban J connectivity index is 2.37. The maximum atomic E-state index is 11.5. The quantitative estimate of drug-likeness (QED) is 0.613. The molecule has 0 aliphatic rings. The lowest BCUT2D eigenvalue weighted by Gasteiger charge is -2.15. The van der Waals surface area contributed by atoms with Crippen molar-refractivity contribution >= 4 is 17.7 Å². The Labute approximate surface area is 105 Å². The fraction of sp³-hybridized carbons (Fsp3) is 0.545. The van der Waals surface area contributed by atoms with Crippen molar-refractivity contribution in [3.8, 4) is 0 Å². The molecule has 1 heterocycles. The number of anilines is 1. The summed E-state index contributed by atoms with van der Waals surface area (Å²) in [5, 5.41) is 20.3. The number of carbonyl (C=O) groups is 2. The second-order valence-electron chi connectivity index (χ2n) is 4.49. The van der Waals surface area contributed by atoms with Gasteiger partial charge >= 0.3 is 12.0 Å². The van der Waals surface area contributed by atoms with Gasteiger partial charge in [0.1, 0.15) is 0 Å². The number of nitrogens with one attached hydrogen (secondary N) is 3. The molecule has 0 aromatic carbocycles. The third-order valence-corrected chi connectivity index (χ3v) is 2.37. The van der Waals surface area contributed by atoms with Crippen molar-refractivity contribution in [1.29, 1.82) is 0 Å². The van der Waals surface area contributed by atoms with Crippen molar-refractivity contribution in [3.05, 3.63) is 12.4 Å². The van der Waals surface area contributed by atoms with Gasteiger partial charge in [0.05, 0.1) is 17.8 Å². The van der Waals surface area contributed by atoms with Crippen LogP contribution in [0.1, 0.15) is 20.3 Å². The molecule has 100 valence electrons. The average molecular weight is 254 g/mol. The standard InChI is InChI=1S/C11H18N4O3/c1-7(2)3-8(10(16)17)4-12-11(18)15-9-5-13-14-6-9/h5-8H,3-4H2,1-2H3,(H,13,14)(H,16,17)(H2,12,15,18). The Morgan fingerprint density at radius 1 is 1.50 bits per heavy atom.